The summed E-state index contributed by atoms with van der Waals surface area (Å²) in [6.45, 7) is 3.55. The lowest BCUT2D eigenvalue weighted by molar-refractivity contribution is 0.262. The lowest BCUT2D eigenvalue weighted by Crippen LogP contribution is -2.20. The highest BCUT2D eigenvalue weighted by molar-refractivity contribution is 7.90. The first kappa shape index (κ1) is 22.2. The summed E-state index contributed by atoms with van der Waals surface area (Å²) in [6.07, 6.45) is 0. The van der Waals surface area contributed by atoms with Crippen LogP contribution in [0.25, 0.3) is 0 Å². The highest BCUT2D eigenvalue weighted by atomic mass is 35.5. The average Bonchev–Trinajstić information content (AvgIpc) is 2.67. The van der Waals surface area contributed by atoms with E-state index < -0.39 is 15.9 Å². The summed E-state index contributed by atoms with van der Waals surface area (Å²) in [5.41, 5.74) is 3.03. The van der Waals surface area contributed by atoms with Crippen molar-refractivity contribution < 1.29 is 13.2 Å². The molecule has 0 aliphatic carbocycles. The van der Waals surface area contributed by atoms with Crippen LogP contribution in [-0.2, 0) is 15.6 Å². The van der Waals surface area contributed by atoms with Gasteiger partial charge in [-0.1, -0.05) is 41.4 Å². The Kier molecular flexibility index (Phi) is 6.71. The average molecular weight is 463 g/mol. The number of nitrogens with one attached hydrogen (secondary N) is 2. The van der Waals surface area contributed by atoms with Crippen LogP contribution in [0.15, 0.2) is 65.6 Å². The van der Waals surface area contributed by atoms with E-state index in [4.69, 9.17) is 23.2 Å². The molecule has 2 N–H and O–H groups in total. The van der Waals surface area contributed by atoms with E-state index in [-0.39, 0.29) is 10.6 Å². The third kappa shape index (κ3) is 5.53. The smallest absolute Gasteiger partial charge is 0.308 e. The molecule has 0 aromatic heterocycles. The molecule has 0 saturated heterocycles. The molecule has 0 radical (unpaired) electrons. The van der Waals surface area contributed by atoms with Crippen molar-refractivity contribution in [3.05, 3.63) is 87.4 Å². The standard InChI is InChI=1S/C22H20Cl2N2O3S/c1-14-3-9-19(25-22(27)26-20-10-8-18(24)11-15(20)2)12-21(14)30(28,29)13-16-4-6-17(23)7-5-16/h3-12H,13H2,1-2H3,(H2,25,26,27). The van der Waals surface area contributed by atoms with Crippen LogP contribution in [0.1, 0.15) is 16.7 Å². The van der Waals surface area contributed by atoms with Crippen LogP contribution in [0, 0.1) is 13.8 Å². The van der Waals surface area contributed by atoms with Crippen molar-refractivity contribution >= 4 is 50.4 Å². The van der Waals surface area contributed by atoms with Crippen LogP contribution in [0.2, 0.25) is 10.0 Å². The number of anilines is 2. The van der Waals surface area contributed by atoms with Gasteiger partial charge >= 0.3 is 6.03 Å². The fraction of sp³-hybridized carbons (Fsp3) is 0.136. The Morgan fingerprint density at radius 3 is 2.17 bits per heavy atom. The summed E-state index contributed by atoms with van der Waals surface area (Å²) in [4.78, 5) is 12.5. The van der Waals surface area contributed by atoms with Crippen LogP contribution >= 0.6 is 23.2 Å². The number of carbonyl (C=O) groups excluding carboxylic acids is 1. The number of aryl methyl sites for hydroxylation is 2. The van der Waals surface area contributed by atoms with E-state index in [0.717, 1.165) is 5.56 Å². The second-order valence-corrected chi connectivity index (χ2v) is 9.74. The Morgan fingerprint density at radius 1 is 0.833 bits per heavy atom. The first-order valence-corrected chi connectivity index (χ1v) is 11.5. The van der Waals surface area contributed by atoms with Gasteiger partial charge in [0.2, 0.25) is 0 Å². The van der Waals surface area contributed by atoms with E-state index in [1.54, 1.807) is 61.5 Å². The van der Waals surface area contributed by atoms with Gasteiger partial charge in [0.1, 0.15) is 0 Å². The molecule has 0 aliphatic rings. The second kappa shape index (κ2) is 9.08. The van der Waals surface area contributed by atoms with Gasteiger partial charge in [0.25, 0.3) is 0 Å². The number of rotatable bonds is 5. The second-order valence-electron chi connectivity index (χ2n) is 6.90. The third-order valence-electron chi connectivity index (χ3n) is 4.49. The maximum Gasteiger partial charge on any atom is 0.323 e. The quantitative estimate of drug-likeness (QED) is 0.471. The molecule has 156 valence electrons. The molecule has 0 atom stereocenters. The van der Waals surface area contributed by atoms with Crippen molar-refractivity contribution in [2.75, 3.05) is 10.6 Å². The van der Waals surface area contributed by atoms with Crippen molar-refractivity contribution in [2.24, 2.45) is 0 Å². The minimum Gasteiger partial charge on any atom is -0.308 e. The molecule has 0 heterocycles. The number of amides is 2. The molecule has 30 heavy (non-hydrogen) atoms. The first-order chi connectivity index (χ1) is 14.1. The van der Waals surface area contributed by atoms with Gasteiger partial charge in [0.15, 0.2) is 9.84 Å². The molecule has 8 heteroatoms. The molecule has 0 spiro atoms. The Morgan fingerprint density at radius 2 is 1.50 bits per heavy atom. The highest BCUT2D eigenvalue weighted by Gasteiger charge is 2.19. The van der Waals surface area contributed by atoms with Crippen molar-refractivity contribution in [1.29, 1.82) is 0 Å². The third-order valence-corrected chi connectivity index (χ3v) is 6.80. The number of carbonyl (C=O) groups is 1. The number of hydrogen-bond acceptors (Lipinski definition) is 3. The lowest BCUT2D eigenvalue weighted by Gasteiger charge is -2.13. The number of sulfone groups is 1. The van der Waals surface area contributed by atoms with Crippen LogP contribution in [-0.4, -0.2) is 14.4 Å². The summed E-state index contributed by atoms with van der Waals surface area (Å²) in [7, 11) is -3.61. The monoisotopic (exact) mass is 462 g/mol. The summed E-state index contributed by atoms with van der Waals surface area (Å²) >= 11 is 11.8. The predicted molar refractivity (Wildman–Crippen MR) is 122 cm³/mol. The van der Waals surface area contributed by atoms with Crippen molar-refractivity contribution in [3.8, 4) is 0 Å². The van der Waals surface area contributed by atoms with Crippen LogP contribution in [0.5, 0.6) is 0 Å². The van der Waals surface area contributed by atoms with Gasteiger partial charge in [0, 0.05) is 21.4 Å². The van der Waals surface area contributed by atoms with Gasteiger partial charge in [-0.15, -0.1) is 0 Å². The molecular weight excluding hydrogens is 443 g/mol. The lowest BCUT2D eigenvalue weighted by atomic mass is 10.2. The van der Waals surface area contributed by atoms with Gasteiger partial charge in [-0.3, -0.25) is 0 Å². The van der Waals surface area contributed by atoms with Gasteiger partial charge in [-0.2, -0.15) is 0 Å². The number of urea groups is 1. The summed E-state index contributed by atoms with van der Waals surface area (Å²) in [5, 5.41) is 6.53. The molecule has 0 aliphatic heterocycles. The van der Waals surface area contributed by atoms with Gasteiger partial charge < -0.3 is 10.6 Å². The Balaban J connectivity index is 1.78. The Labute approximate surface area is 185 Å². The van der Waals surface area contributed by atoms with E-state index >= 15 is 0 Å². The summed E-state index contributed by atoms with van der Waals surface area (Å²) in [6, 6.07) is 16.1. The maximum absolute atomic E-state index is 12.9. The SMILES string of the molecule is Cc1cc(Cl)ccc1NC(=O)Nc1ccc(C)c(S(=O)(=O)Cc2ccc(Cl)cc2)c1. The Bertz CT molecular complexity index is 1190. The first-order valence-electron chi connectivity index (χ1n) is 9.06. The van der Waals surface area contributed by atoms with Gasteiger partial charge in [0.05, 0.1) is 10.6 Å². The van der Waals surface area contributed by atoms with E-state index in [1.807, 2.05) is 6.92 Å². The maximum atomic E-state index is 12.9. The molecule has 5 nitrogen and oxygen atoms in total. The normalized spacial score (nSPS) is 11.2. The largest absolute Gasteiger partial charge is 0.323 e. The molecule has 0 fully saturated rings. The highest BCUT2D eigenvalue weighted by Crippen LogP contribution is 2.25. The molecule has 3 aromatic carbocycles. The van der Waals surface area contributed by atoms with E-state index in [1.165, 1.54) is 6.07 Å². The number of hydrogen-bond donors (Lipinski definition) is 2. The minimum atomic E-state index is -3.61. The predicted octanol–water partition coefficient (Wildman–Crippen LogP) is 6.23. The minimum absolute atomic E-state index is 0.162. The van der Waals surface area contributed by atoms with Crippen molar-refractivity contribution in [3.63, 3.8) is 0 Å². The summed E-state index contributed by atoms with van der Waals surface area (Å²) in [5.74, 6) is -0.162. The molecular formula is C22H20Cl2N2O3S. The van der Waals surface area contributed by atoms with Crippen molar-refractivity contribution in [2.45, 2.75) is 24.5 Å². The van der Waals surface area contributed by atoms with Gasteiger partial charge in [-0.05, 0) is 73.0 Å². The van der Waals surface area contributed by atoms with Crippen LogP contribution in [0.3, 0.4) is 0 Å². The van der Waals surface area contributed by atoms with E-state index in [9.17, 15) is 13.2 Å². The van der Waals surface area contributed by atoms with Gasteiger partial charge in [-0.25, -0.2) is 13.2 Å². The fourth-order valence-electron chi connectivity index (χ4n) is 2.94. The fourth-order valence-corrected chi connectivity index (χ4v) is 4.95. The van der Waals surface area contributed by atoms with E-state index in [2.05, 4.69) is 10.6 Å². The zero-order valence-electron chi connectivity index (χ0n) is 16.4. The van der Waals surface area contributed by atoms with E-state index in [0.29, 0.717) is 32.5 Å². The van der Waals surface area contributed by atoms with Crippen molar-refractivity contribution in [1.82, 2.24) is 0 Å². The zero-order valence-corrected chi connectivity index (χ0v) is 18.7. The molecule has 0 bridgehead atoms. The topological polar surface area (TPSA) is 75.3 Å². The number of halogens is 2. The summed E-state index contributed by atoms with van der Waals surface area (Å²) < 4.78 is 25.9. The molecule has 3 rings (SSSR count). The molecule has 0 unspecified atom stereocenters. The van der Waals surface area contributed by atoms with Crippen LogP contribution < -0.4 is 10.6 Å². The zero-order chi connectivity index (χ0) is 21.9. The molecule has 2 amide bonds. The Hall–Kier alpha value is -2.54. The number of benzene rings is 3. The molecule has 3 aromatic rings. The van der Waals surface area contributed by atoms with Crippen LogP contribution in [0.4, 0.5) is 16.2 Å². The molecule has 0 saturated carbocycles.